The van der Waals surface area contributed by atoms with E-state index < -0.39 is 7.82 Å². The van der Waals surface area contributed by atoms with E-state index >= 15 is 0 Å². The molecule has 0 spiro atoms. The van der Waals surface area contributed by atoms with Crippen molar-refractivity contribution in [1.29, 1.82) is 5.26 Å². The van der Waals surface area contributed by atoms with E-state index in [2.05, 4.69) is 9.97 Å². The quantitative estimate of drug-likeness (QED) is 0.481. The molecule has 0 amide bonds. The predicted molar refractivity (Wildman–Crippen MR) is 41.0 cm³/mol. The fraction of sp³-hybridized carbons (Fsp3) is 0. The second-order valence-corrected chi connectivity index (χ2v) is 2.74. The highest BCUT2D eigenvalue weighted by atomic mass is 31.2. The van der Waals surface area contributed by atoms with Crippen LogP contribution in [0.15, 0.2) is 18.6 Å². The van der Waals surface area contributed by atoms with E-state index in [9.17, 15) is 0 Å². The fourth-order valence-corrected chi connectivity index (χ4v) is 0.357. The second kappa shape index (κ2) is 5.35. The highest BCUT2D eigenvalue weighted by Gasteiger charge is 2.00. The standard InChI is InChI=1S/C5H3N3.H3O4P/c6-3-5-4-7-1-2-8-5;1-5(2,3)4/h1-2,4H;(H3,1,2,3,4). The van der Waals surface area contributed by atoms with Gasteiger partial charge in [-0.1, -0.05) is 0 Å². The molecule has 0 aliphatic rings. The first kappa shape index (κ1) is 11.7. The van der Waals surface area contributed by atoms with Crippen molar-refractivity contribution in [2.45, 2.75) is 0 Å². The smallest absolute Gasteiger partial charge is 0.303 e. The normalized spacial score (nSPS) is 9.38. The average Bonchev–Trinajstić information content (AvgIpc) is 2.03. The van der Waals surface area contributed by atoms with Gasteiger partial charge in [-0.3, -0.25) is 4.98 Å². The molecule has 0 fully saturated rings. The maximum absolute atomic E-state index is 8.88. The Morgan fingerprint density at radius 1 is 1.38 bits per heavy atom. The SMILES string of the molecule is N#Cc1cnccn1.O=P(O)(O)O. The largest absolute Gasteiger partial charge is 0.466 e. The maximum Gasteiger partial charge on any atom is 0.466 e. The van der Waals surface area contributed by atoms with Gasteiger partial charge in [0.1, 0.15) is 6.07 Å². The molecular weight excluding hydrogens is 197 g/mol. The van der Waals surface area contributed by atoms with Gasteiger partial charge >= 0.3 is 7.82 Å². The van der Waals surface area contributed by atoms with E-state index in [4.69, 9.17) is 24.5 Å². The van der Waals surface area contributed by atoms with Gasteiger partial charge in [0.05, 0.1) is 6.20 Å². The molecule has 0 aliphatic heterocycles. The van der Waals surface area contributed by atoms with Gasteiger partial charge in [-0.2, -0.15) is 5.26 Å². The Kier molecular flexibility index (Phi) is 4.80. The Labute approximate surface area is 73.6 Å². The monoisotopic (exact) mass is 203 g/mol. The molecule has 8 heteroatoms. The first-order valence-corrected chi connectivity index (χ1v) is 4.44. The van der Waals surface area contributed by atoms with E-state index in [0.29, 0.717) is 5.69 Å². The zero-order chi connectivity index (χ0) is 10.3. The fourth-order valence-electron chi connectivity index (χ4n) is 0.357. The number of aromatic nitrogens is 2. The van der Waals surface area contributed by atoms with Crippen LogP contribution in [-0.4, -0.2) is 24.6 Å². The molecule has 3 N–H and O–H groups in total. The van der Waals surface area contributed by atoms with E-state index in [1.807, 2.05) is 6.07 Å². The molecule has 0 aliphatic carbocycles. The number of phosphoric acid groups is 1. The molecule has 1 rings (SSSR count). The summed E-state index contributed by atoms with van der Waals surface area (Å²) in [6.45, 7) is 0. The highest BCUT2D eigenvalue weighted by Crippen LogP contribution is 2.25. The first-order chi connectivity index (χ1) is 5.93. The summed E-state index contributed by atoms with van der Waals surface area (Å²) < 4.78 is 8.88. The molecule has 1 aromatic heterocycles. The lowest BCUT2D eigenvalue weighted by molar-refractivity contribution is 0.275. The molecule has 0 saturated carbocycles. The third-order valence-corrected chi connectivity index (χ3v) is 0.678. The van der Waals surface area contributed by atoms with Crippen molar-refractivity contribution in [1.82, 2.24) is 9.97 Å². The van der Waals surface area contributed by atoms with Crippen molar-refractivity contribution in [2.75, 3.05) is 0 Å². The lowest BCUT2D eigenvalue weighted by Crippen LogP contribution is -1.79. The molecule has 0 aromatic carbocycles. The summed E-state index contributed by atoms with van der Waals surface area (Å²) in [6.07, 6.45) is 4.43. The van der Waals surface area contributed by atoms with Crippen molar-refractivity contribution in [3.05, 3.63) is 24.3 Å². The van der Waals surface area contributed by atoms with Crippen LogP contribution < -0.4 is 0 Å². The molecule has 0 saturated heterocycles. The molecule has 0 radical (unpaired) electrons. The van der Waals surface area contributed by atoms with Crippen LogP contribution in [0.25, 0.3) is 0 Å². The number of hydrogen-bond donors (Lipinski definition) is 3. The Balaban J connectivity index is 0.000000252. The molecule has 1 heterocycles. The van der Waals surface area contributed by atoms with Crippen molar-refractivity contribution >= 4 is 7.82 Å². The van der Waals surface area contributed by atoms with Crippen molar-refractivity contribution < 1.29 is 19.2 Å². The van der Waals surface area contributed by atoms with Crippen molar-refractivity contribution in [2.24, 2.45) is 0 Å². The van der Waals surface area contributed by atoms with Crippen LogP contribution in [0.5, 0.6) is 0 Å². The summed E-state index contributed by atoms with van der Waals surface area (Å²) in [7, 11) is -4.64. The van der Waals surface area contributed by atoms with Crippen LogP contribution in [0.4, 0.5) is 0 Å². The minimum Gasteiger partial charge on any atom is -0.303 e. The van der Waals surface area contributed by atoms with Crippen LogP contribution >= 0.6 is 7.82 Å². The lowest BCUT2D eigenvalue weighted by atomic mass is 10.5. The number of nitriles is 1. The zero-order valence-electron chi connectivity index (χ0n) is 6.27. The Hall–Kier alpha value is -1.32. The molecule has 0 bridgehead atoms. The van der Waals surface area contributed by atoms with Gasteiger partial charge in [0, 0.05) is 12.4 Å². The second-order valence-electron chi connectivity index (χ2n) is 1.72. The molecule has 0 unspecified atom stereocenters. The van der Waals surface area contributed by atoms with Crippen LogP contribution in [0.2, 0.25) is 0 Å². The van der Waals surface area contributed by atoms with Gasteiger partial charge in [-0.25, -0.2) is 9.55 Å². The molecule has 0 atom stereocenters. The molecule has 13 heavy (non-hydrogen) atoms. The summed E-state index contributed by atoms with van der Waals surface area (Å²) in [5.74, 6) is 0. The Morgan fingerprint density at radius 2 is 1.92 bits per heavy atom. The number of hydrogen-bond acceptors (Lipinski definition) is 4. The van der Waals surface area contributed by atoms with Crippen molar-refractivity contribution in [3.63, 3.8) is 0 Å². The summed E-state index contributed by atoms with van der Waals surface area (Å²) >= 11 is 0. The zero-order valence-corrected chi connectivity index (χ0v) is 7.17. The minimum absolute atomic E-state index is 0.354. The average molecular weight is 203 g/mol. The Morgan fingerprint density at radius 3 is 2.15 bits per heavy atom. The van der Waals surface area contributed by atoms with Gasteiger partial charge < -0.3 is 14.7 Å². The Bertz CT molecular complexity index is 321. The van der Waals surface area contributed by atoms with Crippen LogP contribution in [0.1, 0.15) is 5.69 Å². The third kappa shape index (κ3) is 10.7. The van der Waals surface area contributed by atoms with Gasteiger partial charge in [0.25, 0.3) is 0 Å². The van der Waals surface area contributed by atoms with E-state index in [1.165, 1.54) is 18.6 Å². The van der Waals surface area contributed by atoms with E-state index in [-0.39, 0.29) is 0 Å². The van der Waals surface area contributed by atoms with Gasteiger partial charge in [-0.05, 0) is 0 Å². The van der Waals surface area contributed by atoms with Crippen LogP contribution in [0.3, 0.4) is 0 Å². The summed E-state index contributed by atoms with van der Waals surface area (Å²) in [5, 5.41) is 8.19. The summed E-state index contributed by atoms with van der Waals surface area (Å²) in [5.41, 5.74) is 0.354. The van der Waals surface area contributed by atoms with Crippen molar-refractivity contribution in [3.8, 4) is 6.07 Å². The molecule has 7 nitrogen and oxygen atoms in total. The van der Waals surface area contributed by atoms with E-state index in [0.717, 1.165) is 0 Å². The first-order valence-electron chi connectivity index (χ1n) is 2.88. The summed E-state index contributed by atoms with van der Waals surface area (Å²) in [6, 6.07) is 1.85. The molecular formula is C5H6N3O4P. The topological polar surface area (TPSA) is 127 Å². The molecule has 70 valence electrons. The third-order valence-electron chi connectivity index (χ3n) is 0.678. The number of rotatable bonds is 0. The van der Waals surface area contributed by atoms with E-state index in [1.54, 1.807) is 0 Å². The van der Waals surface area contributed by atoms with Crippen LogP contribution in [0, 0.1) is 11.3 Å². The maximum atomic E-state index is 8.88. The molecule has 1 aromatic rings. The highest BCUT2D eigenvalue weighted by molar-refractivity contribution is 7.45. The minimum atomic E-state index is -4.64. The lowest BCUT2D eigenvalue weighted by Gasteiger charge is -1.82. The van der Waals surface area contributed by atoms with Gasteiger partial charge in [0.2, 0.25) is 0 Å². The van der Waals surface area contributed by atoms with Crippen LogP contribution in [-0.2, 0) is 4.57 Å². The predicted octanol–water partition coefficient (Wildman–Crippen LogP) is -0.580. The summed E-state index contributed by atoms with van der Waals surface area (Å²) in [4.78, 5) is 28.9. The van der Waals surface area contributed by atoms with Gasteiger partial charge in [0.15, 0.2) is 5.69 Å². The van der Waals surface area contributed by atoms with Gasteiger partial charge in [-0.15, -0.1) is 0 Å². The number of nitrogens with zero attached hydrogens (tertiary/aromatic N) is 3.